The standard InChI is InChI=1S/C30H21N3O3/c34-28-25-26(29(35)32(28)22-16-8-3-9-17-22)36-33-24-19-11-10-18-23(24)27(31-21-14-6-2-7-15-21)30(25,33)20-12-4-1-5-13-20/h1-19,25-26H/t25-,26+,30-/m0/s1. The first-order valence-corrected chi connectivity index (χ1v) is 11.9. The highest BCUT2D eigenvalue weighted by molar-refractivity contribution is 6.29. The van der Waals surface area contributed by atoms with Gasteiger partial charge >= 0.3 is 0 Å². The number of hydroxylamine groups is 1. The van der Waals surface area contributed by atoms with E-state index in [2.05, 4.69) is 0 Å². The first kappa shape index (κ1) is 20.8. The van der Waals surface area contributed by atoms with E-state index in [1.807, 2.05) is 103 Å². The molecule has 7 rings (SSSR count). The van der Waals surface area contributed by atoms with Gasteiger partial charge in [0.2, 0.25) is 5.91 Å². The fourth-order valence-electron chi connectivity index (χ4n) is 5.75. The number of anilines is 2. The molecule has 4 aromatic carbocycles. The molecule has 0 N–H and O–H groups in total. The van der Waals surface area contributed by atoms with E-state index in [1.54, 1.807) is 17.2 Å². The van der Waals surface area contributed by atoms with Gasteiger partial charge in [-0.2, -0.15) is 0 Å². The first-order chi connectivity index (χ1) is 17.7. The molecule has 0 spiro atoms. The molecule has 0 bridgehead atoms. The highest BCUT2D eigenvalue weighted by Gasteiger charge is 2.72. The summed E-state index contributed by atoms with van der Waals surface area (Å²) < 4.78 is 0. The van der Waals surface area contributed by atoms with Crippen molar-refractivity contribution in [3.05, 3.63) is 126 Å². The predicted octanol–water partition coefficient (Wildman–Crippen LogP) is 5.03. The number of rotatable bonds is 3. The summed E-state index contributed by atoms with van der Waals surface area (Å²) in [6.07, 6.45) is -0.966. The zero-order chi connectivity index (χ0) is 24.3. The van der Waals surface area contributed by atoms with Gasteiger partial charge in [0.15, 0.2) is 6.10 Å². The maximum atomic E-state index is 14.2. The van der Waals surface area contributed by atoms with Gasteiger partial charge < -0.3 is 0 Å². The van der Waals surface area contributed by atoms with Crippen LogP contribution in [-0.2, 0) is 20.0 Å². The lowest BCUT2D eigenvalue weighted by molar-refractivity contribution is -0.126. The molecule has 6 heteroatoms. The number of hydrogen-bond donors (Lipinski definition) is 0. The van der Waals surface area contributed by atoms with Crippen molar-refractivity contribution in [2.45, 2.75) is 11.6 Å². The number of hydrogen-bond acceptors (Lipinski definition) is 5. The average Bonchev–Trinajstić information content (AvgIpc) is 3.51. The number of carbonyl (C=O) groups is 2. The van der Waals surface area contributed by atoms with Gasteiger partial charge in [-0.1, -0.05) is 84.9 Å². The fourth-order valence-corrected chi connectivity index (χ4v) is 5.75. The minimum atomic E-state index is -1.11. The molecule has 6 nitrogen and oxygen atoms in total. The average molecular weight is 472 g/mol. The van der Waals surface area contributed by atoms with E-state index in [9.17, 15) is 9.59 Å². The van der Waals surface area contributed by atoms with E-state index in [0.717, 1.165) is 22.5 Å². The van der Waals surface area contributed by atoms with Gasteiger partial charge in [0.1, 0.15) is 11.5 Å². The molecule has 0 aliphatic carbocycles. The Kier molecular flexibility index (Phi) is 4.46. The van der Waals surface area contributed by atoms with Crippen molar-refractivity contribution in [3.8, 4) is 0 Å². The minimum Gasteiger partial charge on any atom is -0.273 e. The van der Waals surface area contributed by atoms with Gasteiger partial charge in [-0.05, 0) is 35.9 Å². The van der Waals surface area contributed by atoms with Gasteiger partial charge in [0.05, 0.1) is 22.8 Å². The largest absolute Gasteiger partial charge is 0.273 e. The Bertz CT molecular complexity index is 1520. The van der Waals surface area contributed by atoms with Crippen molar-refractivity contribution in [1.29, 1.82) is 0 Å². The Labute approximate surface area is 208 Å². The van der Waals surface area contributed by atoms with Gasteiger partial charge in [-0.25, -0.2) is 15.0 Å². The maximum absolute atomic E-state index is 14.2. The van der Waals surface area contributed by atoms with Gasteiger partial charge in [0, 0.05) is 5.56 Å². The summed E-state index contributed by atoms with van der Waals surface area (Å²) in [5.41, 5.74) is 3.40. The number of nitrogens with zero attached hydrogens (tertiary/aromatic N) is 3. The van der Waals surface area contributed by atoms with Gasteiger partial charge in [0.25, 0.3) is 5.91 Å². The van der Waals surface area contributed by atoms with Crippen molar-refractivity contribution in [2.75, 3.05) is 9.96 Å². The molecule has 2 saturated heterocycles. The van der Waals surface area contributed by atoms with Crippen LogP contribution in [0.15, 0.2) is 120 Å². The maximum Gasteiger partial charge on any atom is 0.266 e. The number of carbonyl (C=O) groups excluding carboxylic acids is 2. The lowest BCUT2D eigenvalue weighted by Gasteiger charge is -2.36. The SMILES string of the molecule is O=C1[C@@H]2[C@@H](ON3c4ccccc4C(=Nc4ccccc4)[C@]23c2ccccc2)C(=O)N1c1ccccc1. The molecule has 2 amide bonds. The van der Waals surface area contributed by atoms with E-state index >= 15 is 0 Å². The van der Waals surface area contributed by atoms with Crippen molar-refractivity contribution < 1.29 is 14.4 Å². The predicted molar refractivity (Wildman–Crippen MR) is 137 cm³/mol. The molecule has 3 aliphatic heterocycles. The van der Waals surface area contributed by atoms with E-state index in [4.69, 9.17) is 9.83 Å². The third kappa shape index (κ3) is 2.67. The quantitative estimate of drug-likeness (QED) is 0.394. The van der Waals surface area contributed by atoms with Crippen LogP contribution in [-0.4, -0.2) is 23.6 Å². The Morgan fingerprint density at radius 1 is 0.694 bits per heavy atom. The first-order valence-electron chi connectivity index (χ1n) is 11.9. The summed E-state index contributed by atoms with van der Waals surface area (Å²) in [6, 6.07) is 36.3. The number of imide groups is 1. The number of fused-ring (bicyclic) bond motifs is 5. The smallest absolute Gasteiger partial charge is 0.266 e. The molecule has 3 atom stereocenters. The summed E-state index contributed by atoms with van der Waals surface area (Å²) in [6.45, 7) is 0. The Morgan fingerprint density at radius 2 is 1.31 bits per heavy atom. The Morgan fingerprint density at radius 3 is 2.03 bits per heavy atom. The molecule has 36 heavy (non-hydrogen) atoms. The van der Waals surface area contributed by atoms with Crippen LogP contribution >= 0.6 is 0 Å². The second-order valence-corrected chi connectivity index (χ2v) is 9.09. The highest BCUT2D eigenvalue weighted by Crippen LogP contribution is 2.58. The van der Waals surface area contributed by atoms with Crippen LogP contribution < -0.4 is 9.96 Å². The zero-order valence-electron chi connectivity index (χ0n) is 19.2. The van der Waals surface area contributed by atoms with Crippen LogP contribution in [0.4, 0.5) is 17.1 Å². The van der Waals surface area contributed by atoms with Gasteiger partial charge in [-0.3, -0.25) is 14.4 Å². The molecular weight excluding hydrogens is 450 g/mol. The van der Waals surface area contributed by atoms with Crippen molar-refractivity contribution in [2.24, 2.45) is 10.9 Å². The Balaban J connectivity index is 1.51. The van der Waals surface area contributed by atoms with E-state index in [1.165, 1.54) is 4.90 Å². The summed E-state index contributed by atoms with van der Waals surface area (Å²) in [5, 5.41) is 1.76. The fraction of sp³-hybridized carbons (Fsp3) is 0.100. The van der Waals surface area contributed by atoms with Crippen molar-refractivity contribution >= 4 is 34.6 Å². The monoisotopic (exact) mass is 471 g/mol. The summed E-state index contributed by atoms with van der Waals surface area (Å²) >= 11 is 0. The molecule has 0 radical (unpaired) electrons. The van der Waals surface area contributed by atoms with Crippen LogP contribution in [0.1, 0.15) is 11.1 Å². The molecule has 4 aromatic rings. The molecular formula is C30H21N3O3. The summed E-state index contributed by atoms with van der Waals surface area (Å²) in [5.74, 6) is -1.48. The molecule has 3 heterocycles. The number of para-hydroxylation sites is 3. The van der Waals surface area contributed by atoms with Crippen LogP contribution in [0.3, 0.4) is 0 Å². The van der Waals surface area contributed by atoms with Crippen LogP contribution in [0, 0.1) is 5.92 Å². The lowest BCUT2D eigenvalue weighted by atomic mass is 9.73. The van der Waals surface area contributed by atoms with E-state index < -0.39 is 17.6 Å². The molecule has 0 aromatic heterocycles. The molecule has 2 fully saturated rings. The van der Waals surface area contributed by atoms with Crippen molar-refractivity contribution in [3.63, 3.8) is 0 Å². The molecule has 0 saturated carbocycles. The minimum absolute atomic E-state index is 0.295. The van der Waals surface area contributed by atoms with Crippen LogP contribution in [0.5, 0.6) is 0 Å². The molecule has 0 unspecified atom stereocenters. The zero-order valence-corrected chi connectivity index (χ0v) is 19.2. The third-order valence-electron chi connectivity index (χ3n) is 7.21. The third-order valence-corrected chi connectivity index (χ3v) is 7.21. The highest BCUT2D eigenvalue weighted by atomic mass is 16.7. The van der Waals surface area contributed by atoms with Crippen LogP contribution in [0.25, 0.3) is 0 Å². The number of benzene rings is 4. The second kappa shape index (κ2) is 7.73. The Hall–Kier alpha value is -4.55. The number of aliphatic imine (C=N–C) groups is 1. The van der Waals surface area contributed by atoms with Crippen LogP contribution in [0.2, 0.25) is 0 Å². The lowest BCUT2D eigenvalue weighted by Crippen LogP contribution is -2.51. The molecule has 174 valence electrons. The number of amides is 2. The summed E-state index contributed by atoms with van der Waals surface area (Å²) in [4.78, 5) is 40.7. The van der Waals surface area contributed by atoms with Gasteiger partial charge in [-0.15, -0.1) is 0 Å². The topological polar surface area (TPSA) is 62.2 Å². The normalized spacial score (nSPS) is 25.3. The van der Waals surface area contributed by atoms with E-state index in [-0.39, 0.29) is 11.8 Å². The molecule has 3 aliphatic rings. The van der Waals surface area contributed by atoms with E-state index in [0.29, 0.717) is 11.4 Å². The van der Waals surface area contributed by atoms with Crippen molar-refractivity contribution in [1.82, 2.24) is 0 Å². The second-order valence-electron chi connectivity index (χ2n) is 9.09. The summed E-state index contributed by atoms with van der Waals surface area (Å²) in [7, 11) is 0.